The van der Waals surface area contributed by atoms with Crippen molar-refractivity contribution in [2.75, 3.05) is 14.2 Å². The zero-order chi connectivity index (χ0) is 13.8. The van der Waals surface area contributed by atoms with Crippen LogP contribution in [0.25, 0.3) is 0 Å². The lowest BCUT2D eigenvalue weighted by Crippen LogP contribution is -2.47. The molecule has 18 heavy (non-hydrogen) atoms. The number of hydrogen-bond acceptors (Lipinski definition) is 2. The van der Waals surface area contributed by atoms with Gasteiger partial charge < -0.3 is 10.1 Å². The predicted octanol–water partition coefficient (Wildman–Crippen LogP) is 3.53. The molecular formula is C15H24ClNO. The fourth-order valence-corrected chi connectivity index (χ4v) is 2.60. The number of hydrogen-bond donors (Lipinski definition) is 1. The fourth-order valence-electron chi connectivity index (χ4n) is 2.38. The van der Waals surface area contributed by atoms with Gasteiger partial charge in [0.1, 0.15) is 0 Å². The maximum atomic E-state index is 6.22. The summed E-state index contributed by atoms with van der Waals surface area (Å²) in [6.45, 7) is 6.58. The van der Waals surface area contributed by atoms with E-state index in [1.54, 1.807) is 7.11 Å². The molecule has 0 radical (unpaired) electrons. The van der Waals surface area contributed by atoms with Crippen molar-refractivity contribution >= 4 is 11.6 Å². The summed E-state index contributed by atoms with van der Waals surface area (Å²) in [4.78, 5) is 0. The Morgan fingerprint density at radius 3 is 2.33 bits per heavy atom. The molecule has 0 aliphatic heterocycles. The molecule has 1 aromatic rings. The summed E-state index contributed by atoms with van der Waals surface area (Å²) in [5.41, 5.74) is 1.24. The van der Waals surface area contributed by atoms with E-state index in [4.69, 9.17) is 16.3 Å². The van der Waals surface area contributed by atoms with Crippen LogP contribution in [0.5, 0.6) is 0 Å². The molecule has 0 aliphatic rings. The molecule has 102 valence electrons. The van der Waals surface area contributed by atoms with Crippen LogP contribution in [0.2, 0.25) is 5.02 Å². The maximum absolute atomic E-state index is 6.22. The largest absolute Gasteiger partial charge is 0.379 e. The SMILES string of the molecule is CNC(Cc1ccccc1Cl)C(OC)C(C)(C)C. The Balaban J connectivity index is 2.88. The second-order valence-electron chi connectivity index (χ2n) is 5.71. The average molecular weight is 270 g/mol. The molecule has 0 spiro atoms. The third kappa shape index (κ3) is 3.98. The molecule has 1 aromatic carbocycles. The van der Waals surface area contributed by atoms with Gasteiger partial charge in [0, 0.05) is 18.2 Å². The quantitative estimate of drug-likeness (QED) is 0.883. The van der Waals surface area contributed by atoms with Crippen LogP contribution in [0.15, 0.2) is 24.3 Å². The lowest BCUT2D eigenvalue weighted by Gasteiger charge is -2.36. The Labute approximate surface area is 116 Å². The lowest BCUT2D eigenvalue weighted by atomic mass is 9.82. The number of rotatable bonds is 5. The van der Waals surface area contributed by atoms with E-state index < -0.39 is 0 Å². The first-order valence-electron chi connectivity index (χ1n) is 6.33. The summed E-state index contributed by atoms with van der Waals surface area (Å²) in [6, 6.07) is 8.23. The minimum Gasteiger partial charge on any atom is -0.379 e. The third-order valence-electron chi connectivity index (χ3n) is 3.24. The summed E-state index contributed by atoms with van der Waals surface area (Å²) in [5, 5.41) is 4.17. The average Bonchev–Trinajstić information content (AvgIpc) is 2.29. The van der Waals surface area contributed by atoms with Gasteiger partial charge in [-0.15, -0.1) is 0 Å². The second-order valence-corrected chi connectivity index (χ2v) is 6.12. The molecule has 0 saturated carbocycles. The smallest absolute Gasteiger partial charge is 0.0775 e. The van der Waals surface area contributed by atoms with E-state index in [-0.39, 0.29) is 17.6 Å². The highest BCUT2D eigenvalue weighted by Gasteiger charge is 2.31. The molecule has 3 heteroatoms. The van der Waals surface area contributed by atoms with Crippen LogP contribution in [-0.4, -0.2) is 26.3 Å². The molecule has 2 unspecified atom stereocenters. The first-order valence-corrected chi connectivity index (χ1v) is 6.71. The molecule has 0 aliphatic carbocycles. The van der Waals surface area contributed by atoms with E-state index in [0.29, 0.717) is 0 Å². The number of nitrogens with one attached hydrogen (secondary N) is 1. The summed E-state index contributed by atoms with van der Waals surface area (Å²) >= 11 is 6.22. The highest BCUT2D eigenvalue weighted by molar-refractivity contribution is 6.31. The molecule has 1 N–H and O–H groups in total. The zero-order valence-corrected chi connectivity index (χ0v) is 12.7. The molecule has 0 aromatic heterocycles. The minimum absolute atomic E-state index is 0.0870. The van der Waals surface area contributed by atoms with Crippen LogP contribution in [-0.2, 0) is 11.2 Å². The summed E-state index contributed by atoms with van der Waals surface area (Å²) in [7, 11) is 3.74. The molecule has 0 fully saturated rings. The van der Waals surface area contributed by atoms with Crippen molar-refractivity contribution in [1.29, 1.82) is 0 Å². The highest BCUT2D eigenvalue weighted by Crippen LogP contribution is 2.27. The van der Waals surface area contributed by atoms with E-state index in [0.717, 1.165) is 17.0 Å². The molecule has 1 rings (SSSR count). The standard InChI is InChI=1S/C15H24ClNO/c1-15(2,3)14(18-5)13(17-4)10-11-8-6-7-9-12(11)16/h6-9,13-14,17H,10H2,1-5H3. The van der Waals surface area contributed by atoms with Crippen molar-refractivity contribution < 1.29 is 4.74 Å². The van der Waals surface area contributed by atoms with Gasteiger partial charge in [-0.3, -0.25) is 0 Å². The summed E-state index contributed by atoms with van der Waals surface area (Å²) < 4.78 is 5.67. The van der Waals surface area contributed by atoms with Crippen molar-refractivity contribution in [3.8, 4) is 0 Å². The van der Waals surface area contributed by atoms with Crippen LogP contribution in [0.1, 0.15) is 26.3 Å². The summed E-state index contributed by atoms with van der Waals surface area (Å²) in [6.07, 6.45) is 1.00. The van der Waals surface area contributed by atoms with Gasteiger partial charge in [0.25, 0.3) is 0 Å². The van der Waals surface area contributed by atoms with Gasteiger partial charge in [0.05, 0.1) is 6.10 Å². The second kappa shape index (κ2) is 6.55. The van der Waals surface area contributed by atoms with Crippen molar-refractivity contribution in [3.05, 3.63) is 34.9 Å². The van der Waals surface area contributed by atoms with Gasteiger partial charge in [-0.1, -0.05) is 50.6 Å². The number of benzene rings is 1. The number of halogens is 1. The third-order valence-corrected chi connectivity index (χ3v) is 3.61. The van der Waals surface area contributed by atoms with Crippen molar-refractivity contribution in [2.45, 2.75) is 39.3 Å². The topological polar surface area (TPSA) is 21.3 Å². The Morgan fingerprint density at radius 2 is 1.89 bits per heavy atom. The minimum atomic E-state index is 0.0870. The van der Waals surface area contributed by atoms with Gasteiger partial charge in [-0.25, -0.2) is 0 Å². The Hall–Kier alpha value is -0.570. The van der Waals surface area contributed by atoms with Gasteiger partial charge in [-0.2, -0.15) is 0 Å². The molecule has 2 atom stereocenters. The van der Waals surface area contributed by atoms with Gasteiger partial charge >= 0.3 is 0 Å². The van der Waals surface area contributed by atoms with Crippen molar-refractivity contribution in [3.63, 3.8) is 0 Å². The highest BCUT2D eigenvalue weighted by atomic mass is 35.5. The first kappa shape index (κ1) is 15.5. The van der Waals surface area contributed by atoms with Gasteiger partial charge in [-0.05, 0) is 30.5 Å². The van der Waals surface area contributed by atoms with E-state index in [1.165, 1.54) is 0 Å². The van der Waals surface area contributed by atoms with Gasteiger partial charge in [0.15, 0.2) is 0 Å². The molecule has 0 heterocycles. The monoisotopic (exact) mass is 269 g/mol. The predicted molar refractivity (Wildman–Crippen MR) is 78.3 cm³/mol. The zero-order valence-electron chi connectivity index (χ0n) is 12.0. The molecule has 0 amide bonds. The fraction of sp³-hybridized carbons (Fsp3) is 0.600. The van der Waals surface area contributed by atoms with Crippen LogP contribution >= 0.6 is 11.6 Å². The molecule has 0 saturated heterocycles. The van der Waals surface area contributed by atoms with E-state index in [9.17, 15) is 0 Å². The molecule has 0 bridgehead atoms. The maximum Gasteiger partial charge on any atom is 0.0775 e. The van der Waals surface area contributed by atoms with Gasteiger partial charge in [0.2, 0.25) is 0 Å². The normalized spacial score (nSPS) is 15.4. The van der Waals surface area contributed by atoms with Crippen molar-refractivity contribution in [1.82, 2.24) is 5.32 Å². The van der Waals surface area contributed by atoms with Crippen LogP contribution < -0.4 is 5.32 Å². The number of ether oxygens (including phenoxy) is 1. The van der Waals surface area contributed by atoms with Crippen molar-refractivity contribution in [2.24, 2.45) is 5.41 Å². The number of methoxy groups -OCH3 is 1. The molecule has 2 nitrogen and oxygen atoms in total. The van der Waals surface area contributed by atoms with Crippen LogP contribution in [0.3, 0.4) is 0 Å². The van der Waals surface area contributed by atoms with E-state index in [1.807, 2.05) is 25.2 Å². The summed E-state index contributed by atoms with van der Waals surface area (Å²) in [5.74, 6) is 0. The van der Waals surface area contributed by atoms with E-state index >= 15 is 0 Å². The van der Waals surface area contributed by atoms with Crippen LogP contribution in [0.4, 0.5) is 0 Å². The number of likely N-dealkylation sites (N-methyl/N-ethyl adjacent to an activating group) is 1. The lowest BCUT2D eigenvalue weighted by molar-refractivity contribution is -0.00920. The first-order chi connectivity index (χ1) is 8.40. The molecular weight excluding hydrogens is 246 g/mol. The van der Waals surface area contributed by atoms with E-state index in [2.05, 4.69) is 32.2 Å². The van der Waals surface area contributed by atoms with Crippen LogP contribution in [0, 0.1) is 5.41 Å². The Morgan fingerprint density at radius 1 is 1.28 bits per heavy atom. The Bertz CT molecular complexity index is 373. The Kier molecular flexibility index (Phi) is 5.64.